The Bertz CT molecular complexity index is 638. The van der Waals surface area contributed by atoms with E-state index >= 15 is 0 Å². The minimum absolute atomic E-state index is 0. The SMILES string of the molecule is COCCNCCNC(=O)CCNS(=O)(=O)c1cc(C)ccc1C.Cl. The van der Waals surface area contributed by atoms with Crippen LogP contribution >= 0.6 is 12.4 Å². The molecule has 0 aliphatic rings. The Kier molecular flexibility index (Phi) is 11.6. The van der Waals surface area contributed by atoms with Gasteiger partial charge in [-0.1, -0.05) is 12.1 Å². The molecule has 0 saturated carbocycles. The number of nitrogens with one attached hydrogen (secondary N) is 3. The summed E-state index contributed by atoms with van der Waals surface area (Å²) in [6.07, 6.45) is 0.0994. The molecule has 3 N–H and O–H groups in total. The Hall–Kier alpha value is -1.19. The highest BCUT2D eigenvalue weighted by atomic mass is 35.5. The van der Waals surface area contributed by atoms with Crippen LogP contribution in [-0.4, -0.2) is 54.2 Å². The number of benzene rings is 1. The maximum atomic E-state index is 12.3. The topological polar surface area (TPSA) is 96.5 Å². The van der Waals surface area contributed by atoms with Crippen molar-refractivity contribution in [3.8, 4) is 0 Å². The average molecular weight is 394 g/mol. The number of amides is 1. The first-order valence-electron chi connectivity index (χ1n) is 7.90. The highest BCUT2D eigenvalue weighted by Gasteiger charge is 2.16. The third-order valence-electron chi connectivity index (χ3n) is 3.38. The van der Waals surface area contributed by atoms with Crippen molar-refractivity contribution >= 4 is 28.3 Å². The molecule has 0 heterocycles. The van der Waals surface area contributed by atoms with Crippen LogP contribution in [-0.2, 0) is 19.6 Å². The van der Waals surface area contributed by atoms with Gasteiger partial charge in [-0.15, -0.1) is 12.4 Å². The first-order valence-corrected chi connectivity index (χ1v) is 9.38. The summed E-state index contributed by atoms with van der Waals surface area (Å²) in [4.78, 5) is 11.9. The zero-order valence-corrected chi connectivity index (χ0v) is 16.6. The molecule has 1 rings (SSSR count). The lowest BCUT2D eigenvalue weighted by atomic mass is 10.2. The summed E-state index contributed by atoms with van der Waals surface area (Å²) in [6, 6.07) is 5.26. The number of hydrogen-bond acceptors (Lipinski definition) is 5. The van der Waals surface area contributed by atoms with Gasteiger partial charge >= 0.3 is 0 Å². The monoisotopic (exact) mass is 393 g/mol. The second kappa shape index (κ2) is 12.2. The minimum Gasteiger partial charge on any atom is -0.383 e. The molecule has 25 heavy (non-hydrogen) atoms. The molecule has 1 aromatic rings. The van der Waals surface area contributed by atoms with Gasteiger partial charge in [-0.3, -0.25) is 4.79 Å². The largest absolute Gasteiger partial charge is 0.383 e. The molecule has 0 unspecified atom stereocenters. The van der Waals surface area contributed by atoms with Crippen LogP contribution in [0.4, 0.5) is 0 Å². The van der Waals surface area contributed by atoms with Crippen LogP contribution in [0.1, 0.15) is 17.5 Å². The second-order valence-electron chi connectivity index (χ2n) is 5.51. The van der Waals surface area contributed by atoms with Gasteiger partial charge in [0.05, 0.1) is 11.5 Å². The zero-order chi connectivity index (χ0) is 18.0. The van der Waals surface area contributed by atoms with Crippen molar-refractivity contribution in [3.63, 3.8) is 0 Å². The molecule has 0 radical (unpaired) electrons. The van der Waals surface area contributed by atoms with Crippen LogP contribution in [0.3, 0.4) is 0 Å². The summed E-state index contributed by atoms with van der Waals surface area (Å²) in [6.45, 7) is 6.13. The van der Waals surface area contributed by atoms with Gasteiger partial charge in [0.1, 0.15) is 0 Å². The van der Waals surface area contributed by atoms with E-state index in [1.54, 1.807) is 26.2 Å². The predicted molar refractivity (Wildman–Crippen MR) is 101 cm³/mol. The fourth-order valence-corrected chi connectivity index (χ4v) is 3.41. The van der Waals surface area contributed by atoms with E-state index in [0.29, 0.717) is 25.3 Å². The molecule has 0 saturated heterocycles. The van der Waals surface area contributed by atoms with Gasteiger partial charge in [0.15, 0.2) is 0 Å². The van der Waals surface area contributed by atoms with Crippen LogP contribution < -0.4 is 15.4 Å². The summed E-state index contributed by atoms with van der Waals surface area (Å²) in [5, 5.41) is 5.83. The summed E-state index contributed by atoms with van der Waals surface area (Å²) < 4.78 is 31.9. The van der Waals surface area contributed by atoms with Gasteiger partial charge < -0.3 is 15.4 Å². The summed E-state index contributed by atoms with van der Waals surface area (Å²) in [5.74, 6) is -0.188. The predicted octanol–water partition coefficient (Wildman–Crippen LogP) is 0.746. The lowest BCUT2D eigenvalue weighted by Gasteiger charge is -2.10. The average Bonchev–Trinajstić information content (AvgIpc) is 2.52. The number of rotatable bonds is 11. The van der Waals surface area contributed by atoms with Crippen LogP contribution in [0.2, 0.25) is 0 Å². The van der Waals surface area contributed by atoms with Gasteiger partial charge in [-0.2, -0.15) is 0 Å². The van der Waals surface area contributed by atoms with Gasteiger partial charge in [0.2, 0.25) is 15.9 Å². The molecule has 0 aliphatic heterocycles. The molecule has 9 heteroatoms. The van der Waals surface area contributed by atoms with E-state index in [1.807, 2.05) is 13.0 Å². The Morgan fingerprint density at radius 2 is 1.84 bits per heavy atom. The standard InChI is InChI=1S/C16H27N3O4S.ClH/c1-13-4-5-14(2)15(12-13)24(21,22)19-7-6-16(20)18-9-8-17-10-11-23-3;/h4-5,12,17,19H,6-11H2,1-3H3,(H,18,20);1H. The third kappa shape index (κ3) is 9.18. The van der Waals surface area contributed by atoms with E-state index in [4.69, 9.17) is 4.74 Å². The number of aryl methyl sites for hydroxylation is 2. The lowest BCUT2D eigenvalue weighted by Crippen LogP contribution is -2.35. The Labute approximate surface area is 156 Å². The van der Waals surface area contributed by atoms with Gasteiger partial charge in [-0.05, 0) is 31.0 Å². The highest BCUT2D eigenvalue weighted by Crippen LogP contribution is 2.16. The molecule has 7 nitrogen and oxygen atoms in total. The Morgan fingerprint density at radius 3 is 2.52 bits per heavy atom. The Morgan fingerprint density at radius 1 is 1.12 bits per heavy atom. The molecule has 0 atom stereocenters. The van der Waals surface area contributed by atoms with E-state index in [0.717, 1.165) is 12.1 Å². The number of hydrogen-bond donors (Lipinski definition) is 3. The molecular weight excluding hydrogens is 366 g/mol. The number of carbonyl (C=O) groups excluding carboxylic acids is 1. The van der Waals surface area contributed by atoms with Crippen molar-refractivity contribution in [2.45, 2.75) is 25.2 Å². The zero-order valence-electron chi connectivity index (χ0n) is 14.9. The fraction of sp³-hybridized carbons (Fsp3) is 0.562. The third-order valence-corrected chi connectivity index (χ3v) is 4.99. The Balaban J connectivity index is 0.00000576. The van der Waals surface area contributed by atoms with Crippen molar-refractivity contribution in [1.29, 1.82) is 0 Å². The van der Waals surface area contributed by atoms with Crippen LogP contribution in [0, 0.1) is 13.8 Å². The van der Waals surface area contributed by atoms with Crippen molar-refractivity contribution in [2.24, 2.45) is 0 Å². The van der Waals surface area contributed by atoms with Crippen LogP contribution in [0.5, 0.6) is 0 Å². The molecule has 1 aromatic carbocycles. The smallest absolute Gasteiger partial charge is 0.240 e. The van der Waals surface area contributed by atoms with E-state index < -0.39 is 10.0 Å². The number of sulfonamides is 1. The summed E-state index contributed by atoms with van der Waals surface area (Å²) in [5.41, 5.74) is 1.55. The molecule has 0 aliphatic carbocycles. The van der Waals surface area contributed by atoms with Crippen molar-refractivity contribution in [2.75, 3.05) is 39.9 Å². The quantitative estimate of drug-likeness (QED) is 0.482. The van der Waals surface area contributed by atoms with Crippen molar-refractivity contribution < 1.29 is 17.9 Å². The van der Waals surface area contributed by atoms with Gasteiger partial charge in [0.25, 0.3) is 0 Å². The molecule has 0 fully saturated rings. The maximum absolute atomic E-state index is 12.3. The molecule has 0 bridgehead atoms. The lowest BCUT2D eigenvalue weighted by molar-refractivity contribution is -0.120. The summed E-state index contributed by atoms with van der Waals surface area (Å²) >= 11 is 0. The maximum Gasteiger partial charge on any atom is 0.240 e. The van der Waals surface area contributed by atoms with Crippen molar-refractivity contribution in [1.82, 2.24) is 15.4 Å². The van der Waals surface area contributed by atoms with Crippen molar-refractivity contribution in [3.05, 3.63) is 29.3 Å². The van der Waals surface area contributed by atoms with Crippen LogP contribution in [0.15, 0.2) is 23.1 Å². The molecule has 1 amide bonds. The number of ether oxygens (including phenoxy) is 1. The number of halogens is 1. The normalized spacial score (nSPS) is 11.0. The van der Waals surface area contributed by atoms with E-state index in [1.165, 1.54) is 0 Å². The first-order chi connectivity index (χ1) is 11.4. The van der Waals surface area contributed by atoms with Crippen LogP contribution in [0.25, 0.3) is 0 Å². The molecule has 0 aromatic heterocycles. The molecule has 144 valence electrons. The fourth-order valence-electron chi connectivity index (χ4n) is 2.05. The molecule has 0 spiro atoms. The molecular formula is C16H28ClN3O4S. The minimum atomic E-state index is -3.60. The van der Waals surface area contributed by atoms with Gasteiger partial charge in [0, 0.05) is 39.7 Å². The van der Waals surface area contributed by atoms with Gasteiger partial charge in [-0.25, -0.2) is 13.1 Å². The van der Waals surface area contributed by atoms with E-state index in [2.05, 4.69) is 15.4 Å². The first kappa shape index (κ1) is 23.8. The second-order valence-corrected chi connectivity index (χ2v) is 7.24. The number of methoxy groups -OCH3 is 1. The summed E-state index contributed by atoms with van der Waals surface area (Å²) in [7, 11) is -1.97. The van der Waals surface area contributed by atoms with E-state index in [9.17, 15) is 13.2 Å². The highest BCUT2D eigenvalue weighted by molar-refractivity contribution is 7.89. The number of carbonyl (C=O) groups is 1. The van der Waals surface area contributed by atoms with E-state index in [-0.39, 0.29) is 36.2 Å².